The van der Waals surface area contributed by atoms with E-state index in [1.165, 1.54) is 4.90 Å². The highest BCUT2D eigenvalue weighted by molar-refractivity contribution is 8.39. The molecule has 0 radical (unpaired) electrons. The quantitative estimate of drug-likeness (QED) is 0.633. The van der Waals surface area contributed by atoms with Crippen LogP contribution in [0, 0.1) is 0 Å². The summed E-state index contributed by atoms with van der Waals surface area (Å²) in [5, 5.41) is 0. The molecule has 0 atom stereocenters. The monoisotopic (exact) mass is 306 g/mol. The fourth-order valence-electron chi connectivity index (χ4n) is 2.23. The van der Waals surface area contributed by atoms with E-state index >= 15 is 0 Å². The predicted molar refractivity (Wildman–Crippen MR) is 83.6 cm³/mol. The summed E-state index contributed by atoms with van der Waals surface area (Å²) in [5.41, 5.74) is 1.06. The van der Waals surface area contributed by atoms with Crippen LogP contribution in [0.3, 0.4) is 0 Å². The van der Waals surface area contributed by atoms with Crippen LogP contribution in [0.4, 0.5) is 0 Å². The zero-order valence-corrected chi connectivity index (χ0v) is 12.5. The molecule has 0 saturated carbocycles. The molecule has 104 valence electrons. The van der Waals surface area contributed by atoms with E-state index in [4.69, 9.17) is 0 Å². The minimum Gasteiger partial charge on any atom is -0.274 e. The van der Waals surface area contributed by atoms with Gasteiger partial charge in [-0.1, -0.05) is 35.7 Å². The van der Waals surface area contributed by atoms with Crippen LogP contribution in [-0.4, -0.2) is 45.7 Å². The highest BCUT2D eigenvalue weighted by Gasteiger charge is 2.34. The Kier molecular flexibility index (Phi) is 4.12. The molecule has 1 aromatic rings. The van der Waals surface area contributed by atoms with Gasteiger partial charge in [0.15, 0.2) is 0 Å². The molecule has 0 spiro atoms. The number of amides is 2. The Labute approximate surface area is 126 Å². The first-order valence-corrected chi connectivity index (χ1v) is 8.50. The average Bonchev–Trinajstić information content (AvgIpc) is 3.06. The van der Waals surface area contributed by atoms with E-state index in [0.29, 0.717) is 17.7 Å². The zero-order valence-electron chi connectivity index (χ0n) is 10.9. The molecule has 0 bridgehead atoms. The maximum Gasteiger partial charge on any atom is 0.261 e. The molecule has 6 heteroatoms. The first kappa shape index (κ1) is 13.7. The highest BCUT2D eigenvalue weighted by atomic mass is 32.2. The second-order valence-corrected chi connectivity index (χ2v) is 6.93. The van der Waals surface area contributed by atoms with E-state index in [1.54, 1.807) is 47.8 Å². The van der Waals surface area contributed by atoms with Crippen molar-refractivity contribution in [2.45, 2.75) is 6.42 Å². The minimum absolute atomic E-state index is 0.164. The number of thioether (sulfide) groups is 2. The molecule has 2 amide bonds. The lowest BCUT2D eigenvalue weighted by Gasteiger charge is -2.13. The zero-order chi connectivity index (χ0) is 13.9. The number of hydrogen-bond donors (Lipinski definition) is 0. The lowest BCUT2D eigenvalue weighted by molar-refractivity contribution is 0.0655. The maximum absolute atomic E-state index is 12.1. The van der Waals surface area contributed by atoms with Crippen LogP contribution in [0.2, 0.25) is 0 Å². The van der Waals surface area contributed by atoms with Crippen LogP contribution in [0.5, 0.6) is 0 Å². The van der Waals surface area contributed by atoms with Gasteiger partial charge in [-0.2, -0.15) is 0 Å². The Morgan fingerprint density at radius 2 is 1.90 bits per heavy atom. The summed E-state index contributed by atoms with van der Waals surface area (Å²) in [6.45, 7) is 1.39. The standard InChI is InChI=1S/C14H14N2O2S2/c17-12-10-4-1-2-5-11(10)13(18)16(12)7-3-8-19-14-15-6-9-20-14/h1-2,4-5H,3,6-9H2. The van der Waals surface area contributed by atoms with Crippen molar-refractivity contribution in [2.75, 3.05) is 24.6 Å². The molecule has 0 aliphatic carbocycles. The number of fused-ring (bicyclic) bond motifs is 1. The molecule has 4 nitrogen and oxygen atoms in total. The Morgan fingerprint density at radius 1 is 1.20 bits per heavy atom. The molecule has 0 saturated heterocycles. The van der Waals surface area contributed by atoms with E-state index in [2.05, 4.69) is 4.99 Å². The van der Waals surface area contributed by atoms with E-state index in [0.717, 1.165) is 28.8 Å². The first-order chi connectivity index (χ1) is 9.77. The molecule has 0 aromatic heterocycles. The summed E-state index contributed by atoms with van der Waals surface area (Å²) < 4.78 is 1.13. The van der Waals surface area contributed by atoms with Gasteiger partial charge < -0.3 is 0 Å². The van der Waals surface area contributed by atoms with Crippen molar-refractivity contribution in [1.29, 1.82) is 0 Å². The highest BCUT2D eigenvalue weighted by Crippen LogP contribution is 2.25. The first-order valence-electron chi connectivity index (χ1n) is 6.52. The summed E-state index contributed by atoms with van der Waals surface area (Å²) in [7, 11) is 0. The Hall–Kier alpha value is -1.27. The number of rotatable bonds is 4. The summed E-state index contributed by atoms with van der Waals surface area (Å²) >= 11 is 3.50. The fourth-order valence-corrected chi connectivity index (χ4v) is 4.23. The molecular formula is C14H14N2O2S2. The van der Waals surface area contributed by atoms with Crippen molar-refractivity contribution in [3.63, 3.8) is 0 Å². The third-order valence-corrected chi connectivity index (χ3v) is 5.53. The third kappa shape index (κ3) is 2.62. The number of imide groups is 1. The number of benzene rings is 1. The van der Waals surface area contributed by atoms with Crippen LogP contribution in [0.1, 0.15) is 27.1 Å². The lowest BCUT2D eigenvalue weighted by Crippen LogP contribution is -2.31. The van der Waals surface area contributed by atoms with Crippen molar-refractivity contribution in [3.8, 4) is 0 Å². The number of hydrogen-bond acceptors (Lipinski definition) is 5. The van der Waals surface area contributed by atoms with Crippen LogP contribution in [-0.2, 0) is 0 Å². The Balaban J connectivity index is 1.54. The van der Waals surface area contributed by atoms with Gasteiger partial charge in [0.05, 0.1) is 17.7 Å². The maximum atomic E-state index is 12.1. The van der Waals surface area contributed by atoms with Gasteiger partial charge in [-0.15, -0.1) is 0 Å². The molecule has 0 unspecified atom stereocenters. The summed E-state index contributed by atoms with van der Waals surface area (Å²) in [4.78, 5) is 30.0. The molecule has 2 heterocycles. The summed E-state index contributed by atoms with van der Waals surface area (Å²) in [6.07, 6.45) is 0.801. The summed E-state index contributed by atoms with van der Waals surface area (Å²) in [6, 6.07) is 7.01. The van der Waals surface area contributed by atoms with Gasteiger partial charge in [0, 0.05) is 18.1 Å². The van der Waals surface area contributed by atoms with E-state index < -0.39 is 0 Å². The topological polar surface area (TPSA) is 49.7 Å². The molecule has 0 N–H and O–H groups in total. The van der Waals surface area contributed by atoms with Crippen molar-refractivity contribution < 1.29 is 9.59 Å². The normalized spacial score (nSPS) is 17.6. The van der Waals surface area contributed by atoms with Crippen LogP contribution >= 0.6 is 23.5 Å². The van der Waals surface area contributed by atoms with Gasteiger partial charge in [-0.05, 0) is 18.6 Å². The van der Waals surface area contributed by atoms with Crippen molar-refractivity contribution in [2.24, 2.45) is 4.99 Å². The number of carbonyl (C=O) groups is 2. The van der Waals surface area contributed by atoms with Crippen molar-refractivity contribution in [3.05, 3.63) is 35.4 Å². The predicted octanol–water partition coefficient (Wildman–Crippen LogP) is 2.51. The van der Waals surface area contributed by atoms with Gasteiger partial charge in [0.25, 0.3) is 11.8 Å². The fraction of sp³-hybridized carbons (Fsp3) is 0.357. The molecule has 0 fully saturated rings. The second-order valence-electron chi connectivity index (χ2n) is 4.51. The second kappa shape index (κ2) is 6.01. The number of carbonyl (C=O) groups excluding carboxylic acids is 2. The van der Waals surface area contributed by atoms with E-state index in [9.17, 15) is 9.59 Å². The third-order valence-electron chi connectivity index (χ3n) is 3.19. The smallest absolute Gasteiger partial charge is 0.261 e. The Bertz CT molecular complexity index is 551. The van der Waals surface area contributed by atoms with Crippen LogP contribution in [0.25, 0.3) is 0 Å². The summed E-state index contributed by atoms with van der Waals surface area (Å²) in [5.74, 6) is 1.63. The van der Waals surface area contributed by atoms with Crippen LogP contribution < -0.4 is 0 Å². The van der Waals surface area contributed by atoms with Crippen LogP contribution in [0.15, 0.2) is 29.3 Å². The van der Waals surface area contributed by atoms with Gasteiger partial charge in [0.2, 0.25) is 0 Å². The molecular weight excluding hydrogens is 292 g/mol. The van der Waals surface area contributed by atoms with Gasteiger partial charge in [0.1, 0.15) is 4.38 Å². The average molecular weight is 306 g/mol. The molecule has 1 aromatic carbocycles. The largest absolute Gasteiger partial charge is 0.274 e. The number of nitrogens with zero attached hydrogens (tertiary/aromatic N) is 2. The van der Waals surface area contributed by atoms with Gasteiger partial charge >= 0.3 is 0 Å². The molecule has 3 rings (SSSR count). The molecule has 2 aliphatic heterocycles. The van der Waals surface area contributed by atoms with Gasteiger partial charge in [-0.3, -0.25) is 19.5 Å². The lowest BCUT2D eigenvalue weighted by atomic mass is 10.1. The Morgan fingerprint density at radius 3 is 2.50 bits per heavy atom. The van der Waals surface area contributed by atoms with Crippen molar-refractivity contribution >= 4 is 39.7 Å². The SMILES string of the molecule is O=C1c2ccccc2C(=O)N1CCCSC1=NCCS1. The van der Waals surface area contributed by atoms with E-state index in [1.807, 2.05) is 0 Å². The molecule has 20 heavy (non-hydrogen) atoms. The minimum atomic E-state index is -0.164. The van der Waals surface area contributed by atoms with Crippen molar-refractivity contribution in [1.82, 2.24) is 4.90 Å². The van der Waals surface area contributed by atoms with E-state index in [-0.39, 0.29) is 11.8 Å². The van der Waals surface area contributed by atoms with Gasteiger partial charge in [-0.25, -0.2) is 0 Å². The molecule has 2 aliphatic rings. The number of aliphatic imine (C=N–C) groups is 1.